The third-order valence-electron chi connectivity index (χ3n) is 1.72. The van der Waals surface area contributed by atoms with E-state index < -0.39 is 18.4 Å². The Morgan fingerprint density at radius 2 is 2.29 bits per heavy atom. The van der Waals surface area contributed by atoms with Gasteiger partial charge in [0.25, 0.3) is 0 Å². The molecule has 0 aliphatic carbocycles. The molecule has 0 aromatic heterocycles. The molecule has 0 aromatic carbocycles. The van der Waals surface area contributed by atoms with Crippen LogP contribution in [-0.2, 0) is 9.59 Å². The molecule has 1 saturated heterocycles. The van der Waals surface area contributed by atoms with Gasteiger partial charge in [-0.3, -0.25) is 9.59 Å². The SMILES string of the molecule is O=C(O)CNC(=O)CN1CCNC1=O. The Hall–Kier alpha value is -1.79. The van der Waals surface area contributed by atoms with Crippen molar-refractivity contribution in [1.82, 2.24) is 15.5 Å². The molecule has 1 rings (SSSR count). The molecule has 0 aromatic rings. The average molecular weight is 201 g/mol. The minimum absolute atomic E-state index is 0.0981. The van der Waals surface area contributed by atoms with Crippen LogP contribution >= 0.6 is 0 Å². The maximum absolute atomic E-state index is 11.1. The maximum atomic E-state index is 11.1. The third kappa shape index (κ3) is 2.92. The van der Waals surface area contributed by atoms with Crippen LogP contribution in [0.5, 0.6) is 0 Å². The quantitative estimate of drug-likeness (QED) is 0.500. The minimum Gasteiger partial charge on any atom is -0.480 e. The molecule has 1 aliphatic rings. The van der Waals surface area contributed by atoms with Crippen LogP contribution in [0.25, 0.3) is 0 Å². The van der Waals surface area contributed by atoms with Gasteiger partial charge in [-0.25, -0.2) is 4.79 Å². The van der Waals surface area contributed by atoms with Gasteiger partial charge in [0.15, 0.2) is 0 Å². The number of amides is 3. The Morgan fingerprint density at radius 1 is 1.57 bits per heavy atom. The van der Waals surface area contributed by atoms with E-state index in [2.05, 4.69) is 10.6 Å². The zero-order chi connectivity index (χ0) is 10.6. The van der Waals surface area contributed by atoms with Crippen LogP contribution in [0.2, 0.25) is 0 Å². The summed E-state index contributed by atoms with van der Waals surface area (Å²) >= 11 is 0. The normalized spacial score (nSPS) is 15.1. The molecule has 1 aliphatic heterocycles. The molecular weight excluding hydrogens is 190 g/mol. The summed E-state index contributed by atoms with van der Waals surface area (Å²) in [6.07, 6.45) is 0. The summed E-state index contributed by atoms with van der Waals surface area (Å²) < 4.78 is 0. The van der Waals surface area contributed by atoms with Crippen molar-refractivity contribution in [2.45, 2.75) is 0 Å². The molecule has 1 fully saturated rings. The summed E-state index contributed by atoms with van der Waals surface area (Å²) in [6, 6.07) is -0.296. The fourth-order valence-electron chi connectivity index (χ4n) is 1.07. The Bertz CT molecular complexity index is 266. The fraction of sp³-hybridized carbons (Fsp3) is 0.571. The maximum Gasteiger partial charge on any atom is 0.322 e. The molecule has 0 saturated carbocycles. The fourth-order valence-corrected chi connectivity index (χ4v) is 1.07. The monoisotopic (exact) mass is 201 g/mol. The molecule has 7 heteroatoms. The topological polar surface area (TPSA) is 98.7 Å². The van der Waals surface area contributed by atoms with Crippen molar-refractivity contribution in [3.63, 3.8) is 0 Å². The number of rotatable bonds is 4. The van der Waals surface area contributed by atoms with Gasteiger partial charge >= 0.3 is 12.0 Å². The number of nitrogens with one attached hydrogen (secondary N) is 2. The first-order valence-electron chi connectivity index (χ1n) is 4.11. The van der Waals surface area contributed by atoms with Gasteiger partial charge in [-0.1, -0.05) is 0 Å². The molecule has 0 unspecified atom stereocenters. The number of urea groups is 1. The van der Waals surface area contributed by atoms with E-state index in [1.807, 2.05) is 0 Å². The van der Waals surface area contributed by atoms with Gasteiger partial charge in [0.1, 0.15) is 13.1 Å². The van der Waals surface area contributed by atoms with E-state index in [0.717, 1.165) is 0 Å². The molecule has 0 radical (unpaired) electrons. The van der Waals surface area contributed by atoms with Gasteiger partial charge in [-0.05, 0) is 0 Å². The first kappa shape index (κ1) is 10.3. The van der Waals surface area contributed by atoms with Crippen molar-refractivity contribution in [2.75, 3.05) is 26.2 Å². The van der Waals surface area contributed by atoms with Crippen LogP contribution < -0.4 is 10.6 Å². The lowest BCUT2D eigenvalue weighted by Gasteiger charge is -2.12. The predicted molar refractivity (Wildman–Crippen MR) is 45.6 cm³/mol. The van der Waals surface area contributed by atoms with E-state index in [4.69, 9.17) is 5.11 Å². The molecule has 1 heterocycles. The summed E-state index contributed by atoms with van der Waals surface area (Å²) in [7, 11) is 0. The van der Waals surface area contributed by atoms with Crippen LogP contribution in [0.4, 0.5) is 4.79 Å². The lowest BCUT2D eigenvalue weighted by molar-refractivity contribution is -0.138. The van der Waals surface area contributed by atoms with Gasteiger partial charge in [0, 0.05) is 13.1 Å². The Balaban J connectivity index is 2.26. The second-order valence-electron chi connectivity index (χ2n) is 2.82. The van der Waals surface area contributed by atoms with Crippen molar-refractivity contribution >= 4 is 17.9 Å². The number of aliphatic carboxylic acids is 1. The second kappa shape index (κ2) is 4.45. The number of nitrogens with zero attached hydrogens (tertiary/aromatic N) is 1. The van der Waals surface area contributed by atoms with E-state index in [0.29, 0.717) is 13.1 Å². The predicted octanol–water partition coefficient (Wildman–Crippen LogP) is -1.79. The molecule has 3 N–H and O–H groups in total. The average Bonchev–Trinajstić information content (AvgIpc) is 2.49. The summed E-state index contributed by atoms with van der Waals surface area (Å²) in [4.78, 5) is 33.4. The van der Waals surface area contributed by atoms with Gasteiger partial charge in [0.2, 0.25) is 5.91 Å². The number of carboxylic acid groups (broad SMARTS) is 1. The van der Waals surface area contributed by atoms with Crippen molar-refractivity contribution < 1.29 is 19.5 Å². The number of hydrogen-bond donors (Lipinski definition) is 3. The highest BCUT2D eigenvalue weighted by Gasteiger charge is 2.21. The van der Waals surface area contributed by atoms with Crippen LogP contribution in [0.15, 0.2) is 0 Å². The van der Waals surface area contributed by atoms with Gasteiger partial charge < -0.3 is 20.6 Å². The largest absolute Gasteiger partial charge is 0.480 e. The molecule has 3 amide bonds. The van der Waals surface area contributed by atoms with Gasteiger partial charge in [-0.2, -0.15) is 0 Å². The van der Waals surface area contributed by atoms with E-state index in [1.54, 1.807) is 0 Å². The van der Waals surface area contributed by atoms with E-state index in [9.17, 15) is 14.4 Å². The zero-order valence-electron chi connectivity index (χ0n) is 7.45. The number of carbonyl (C=O) groups excluding carboxylic acids is 2. The molecule has 14 heavy (non-hydrogen) atoms. The van der Waals surface area contributed by atoms with E-state index >= 15 is 0 Å². The number of hydrogen-bond acceptors (Lipinski definition) is 3. The summed E-state index contributed by atoms with van der Waals surface area (Å²) in [5.41, 5.74) is 0. The number of carbonyl (C=O) groups is 3. The van der Waals surface area contributed by atoms with Crippen molar-refractivity contribution in [3.8, 4) is 0 Å². The molecule has 0 atom stereocenters. The third-order valence-corrected chi connectivity index (χ3v) is 1.72. The van der Waals surface area contributed by atoms with Crippen LogP contribution in [-0.4, -0.2) is 54.1 Å². The molecule has 78 valence electrons. The lowest BCUT2D eigenvalue weighted by atomic mass is 10.5. The van der Waals surface area contributed by atoms with Crippen LogP contribution in [0, 0.1) is 0 Å². The smallest absolute Gasteiger partial charge is 0.322 e. The highest BCUT2D eigenvalue weighted by molar-refractivity contribution is 5.86. The first-order chi connectivity index (χ1) is 6.59. The summed E-state index contributed by atoms with van der Waals surface area (Å²) in [6.45, 7) is 0.470. The van der Waals surface area contributed by atoms with E-state index in [-0.39, 0.29) is 12.6 Å². The summed E-state index contributed by atoms with van der Waals surface area (Å²) in [5.74, 6) is -1.58. The molecule has 0 spiro atoms. The minimum atomic E-state index is -1.11. The number of carboxylic acids is 1. The van der Waals surface area contributed by atoms with Gasteiger partial charge in [0.05, 0.1) is 0 Å². The highest BCUT2D eigenvalue weighted by Crippen LogP contribution is 1.94. The molecule has 7 nitrogen and oxygen atoms in total. The standard InChI is InChI=1S/C7H11N3O4/c11-5(9-3-6(12)13)4-10-2-1-8-7(10)14/h1-4H2,(H,8,14)(H,9,11)(H,12,13). The second-order valence-corrected chi connectivity index (χ2v) is 2.82. The van der Waals surface area contributed by atoms with E-state index in [1.165, 1.54) is 4.90 Å². The Labute approximate surface area is 80.1 Å². The van der Waals surface area contributed by atoms with Crippen LogP contribution in [0.3, 0.4) is 0 Å². The molecule has 0 bridgehead atoms. The van der Waals surface area contributed by atoms with Crippen molar-refractivity contribution in [2.24, 2.45) is 0 Å². The Morgan fingerprint density at radius 3 is 2.79 bits per heavy atom. The Kier molecular flexibility index (Phi) is 3.27. The van der Waals surface area contributed by atoms with Crippen LogP contribution in [0.1, 0.15) is 0 Å². The lowest BCUT2D eigenvalue weighted by Crippen LogP contribution is -2.40. The highest BCUT2D eigenvalue weighted by atomic mass is 16.4. The van der Waals surface area contributed by atoms with Gasteiger partial charge in [-0.15, -0.1) is 0 Å². The van der Waals surface area contributed by atoms with Crippen molar-refractivity contribution in [3.05, 3.63) is 0 Å². The zero-order valence-corrected chi connectivity index (χ0v) is 7.45. The summed E-state index contributed by atoms with van der Waals surface area (Å²) in [5, 5.41) is 13.0. The van der Waals surface area contributed by atoms with Crippen molar-refractivity contribution in [1.29, 1.82) is 0 Å². The first-order valence-corrected chi connectivity index (χ1v) is 4.11. The molecular formula is C7H11N3O4.